The lowest BCUT2D eigenvalue weighted by molar-refractivity contribution is 0.502. The van der Waals surface area contributed by atoms with E-state index in [0.717, 1.165) is 6.54 Å². The molecule has 0 saturated carbocycles. The van der Waals surface area contributed by atoms with Crippen LogP contribution in [0.4, 0.5) is 0 Å². The van der Waals surface area contributed by atoms with Crippen LogP contribution in [0, 0.1) is 0 Å². The summed E-state index contributed by atoms with van der Waals surface area (Å²) < 4.78 is 0. The van der Waals surface area contributed by atoms with Gasteiger partial charge in [-0.2, -0.15) is 0 Å². The number of allylic oxidation sites excluding steroid dienone is 2. The van der Waals surface area contributed by atoms with E-state index in [2.05, 4.69) is 51.1 Å². The number of nitrogens with zero attached hydrogens (tertiary/aromatic N) is 1. The van der Waals surface area contributed by atoms with Crippen molar-refractivity contribution in [1.29, 1.82) is 0 Å². The van der Waals surface area contributed by atoms with Gasteiger partial charge in [-0.1, -0.05) is 31.9 Å². The minimum Gasteiger partial charge on any atom is -0.377 e. The van der Waals surface area contributed by atoms with Crippen LogP contribution in [0.5, 0.6) is 0 Å². The van der Waals surface area contributed by atoms with Crippen LogP contribution in [-0.2, 0) is 0 Å². The molecule has 64 valence electrons. The SMILES string of the molecule is CC1=CCN(C)C=C1.CCC. The van der Waals surface area contributed by atoms with Crippen LogP contribution in [0.1, 0.15) is 27.2 Å². The summed E-state index contributed by atoms with van der Waals surface area (Å²) >= 11 is 0. The molecular weight excluding hydrogens is 134 g/mol. The average molecular weight is 153 g/mol. The summed E-state index contributed by atoms with van der Waals surface area (Å²) in [7, 11) is 2.07. The predicted molar refractivity (Wildman–Crippen MR) is 51.5 cm³/mol. The van der Waals surface area contributed by atoms with Gasteiger partial charge in [-0.15, -0.1) is 0 Å². The lowest BCUT2D eigenvalue weighted by atomic mass is 10.2. The third kappa shape index (κ3) is 5.71. The third-order valence-electron chi connectivity index (χ3n) is 1.29. The van der Waals surface area contributed by atoms with Gasteiger partial charge in [0.25, 0.3) is 0 Å². The van der Waals surface area contributed by atoms with Crippen molar-refractivity contribution in [2.75, 3.05) is 13.6 Å². The second-order valence-corrected chi connectivity index (χ2v) is 2.91. The maximum absolute atomic E-state index is 2.21. The lowest BCUT2D eigenvalue weighted by Crippen LogP contribution is -2.12. The zero-order valence-electron chi connectivity index (χ0n) is 8.09. The third-order valence-corrected chi connectivity index (χ3v) is 1.29. The maximum Gasteiger partial charge on any atom is 0.0356 e. The Morgan fingerprint density at radius 1 is 1.45 bits per heavy atom. The van der Waals surface area contributed by atoms with Crippen LogP contribution in [-0.4, -0.2) is 18.5 Å². The van der Waals surface area contributed by atoms with E-state index in [4.69, 9.17) is 0 Å². The van der Waals surface area contributed by atoms with Crippen molar-refractivity contribution < 1.29 is 0 Å². The van der Waals surface area contributed by atoms with E-state index in [1.54, 1.807) is 0 Å². The van der Waals surface area contributed by atoms with Crippen molar-refractivity contribution in [2.24, 2.45) is 0 Å². The van der Waals surface area contributed by atoms with Crippen LogP contribution in [0.15, 0.2) is 23.9 Å². The van der Waals surface area contributed by atoms with Crippen molar-refractivity contribution in [3.8, 4) is 0 Å². The number of hydrogen-bond acceptors (Lipinski definition) is 1. The quantitative estimate of drug-likeness (QED) is 0.517. The predicted octanol–water partition coefficient (Wildman–Crippen LogP) is 2.81. The Bertz CT molecular complexity index is 145. The van der Waals surface area contributed by atoms with E-state index in [0.29, 0.717) is 0 Å². The first-order chi connectivity index (χ1) is 5.20. The average Bonchev–Trinajstić information content (AvgIpc) is 1.97. The second kappa shape index (κ2) is 6.02. The van der Waals surface area contributed by atoms with Gasteiger partial charge in [-0.25, -0.2) is 0 Å². The van der Waals surface area contributed by atoms with Crippen molar-refractivity contribution in [1.82, 2.24) is 4.90 Å². The zero-order chi connectivity index (χ0) is 8.69. The van der Waals surface area contributed by atoms with Gasteiger partial charge in [-0.05, 0) is 19.2 Å². The Morgan fingerprint density at radius 3 is 2.27 bits per heavy atom. The molecule has 1 aliphatic heterocycles. The van der Waals surface area contributed by atoms with Gasteiger partial charge in [0, 0.05) is 13.6 Å². The van der Waals surface area contributed by atoms with Gasteiger partial charge in [0.1, 0.15) is 0 Å². The van der Waals surface area contributed by atoms with Crippen LogP contribution in [0.3, 0.4) is 0 Å². The highest BCUT2D eigenvalue weighted by atomic mass is 15.1. The fraction of sp³-hybridized carbons (Fsp3) is 0.600. The Morgan fingerprint density at radius 2 is 2.00 bits per heavy atom. The summed E-state index contributed by atoms with van der Waals surface area (Å²) in [4.78, 5) is 2.15. The van der Waals surface area contributed by atoms with E-state index >= 15 is 0 Å². The van der Waals surface area contributed by atoms with Gasteiger partial charge in [-0.3, -0.25) is 0 Å². The molecule has 0 saturated heterocycles. The minimum atomic E-state index is 1.06. The molecule has 0 aromatic carbocycles. The summed E-state index contributed by atoms with van der Waals surface area (Å²) in [5.74, 6) is 0. The van der Waals surface area contributed by atoms with E-state index in [9.17, 15) is 0 Å². The highest BCUT2D eigenvalue weighted by molar-refractivity contribution is 5.19. The molecule has 1 aliphatic rings. The topological polar surface area (TPSA) is 3.24 Å². The van der Waals surface area contributed by atoms with Crippen LogP contribution < -0.4 is 0 Å². The first-order valence-corrected chi connectivity index (χ1v) is 4.25. The molecule has 1 heterocycles. The molecule has 0 aromatic heterocycles. The molecule has 0 radical (unpaired) electrons. The first kappa shape index (κ1) is 10.3. The molecule has 0 aliphatic carbocycles. The fourth-order valence-corrected chi connectivity index (χ4v) is 0.662. The number of likely N-dealkylation sites (N-methyl/N-ethyl adjacent to an activating group) is 1. The first-order valence-electron chi connectivity index (χ1n) is 4.25. The molecule has 11 heavy (non-hydrogen) atoms. The fourth-order valence-electron chi connectivity index (χ4n) is 0.662. The largest absolute Gasteiger partial charge is 0.377 e. The molecule has 0 amide bonds. The molecular formula is C10H19N. The van der Waals surface area contributed by atoms with Gasteiger partial charge in [0.05, 0.1) is 0 Å². The second-order valence-electron chi connectivity index (χ2n) is 2.91. The monoisotopic (exact) mass is 153 g/mol. The summed E-state index contributed by atoms with van der Waals surface area (Å²) in [6, 6.07) is 0. The van der Waals surface area contributed by atoms with Crippen molar-refractivity contribution >= 4 is 0 Å². The normalized spacial score (nSPS) is 15.3. The molecule has 0 fully saturated rings. The minimum absolute atomic E-state index is 1.06. The van der Waals surface area contributed by atoms with Crippen LogP contribution in [0.2, 0.25) is 0 Å². The molecule has 0 unspecified atom stereocenters. The number of hydrogen-bond donors (Lipinski definition) is 0. The van der Waals surface area contributed by atoms with Crippen molar-refractivity contribution in [3.05, 3.63) is 23.9 Å². The van der Waals surface area contributed by atoms with Gasteiger partial charge in [0.15, 0.2) is 0 Å². The zero-order valence-corrected chi connectivity index (χ0v) is 8.09. The van der Waals surface area contributed by atoms with Crippen LogP contribution in [0.25, 0.3) is 0 Å². The Labute approximate surface area is 70.4 Å². The summed E-state index contributed by atoms with van der Waals surface area (Å²) in [5.41, 5.74) is 1.36. The van der Waals surface area contributed by atoms with Crippen molar-refractivity contribution in [3.63, 3.8) is 0 Å². The van der Waals surface area contributed by atoms with Crippen molar-refractivity contribution in [2.45, 2.75) is 27.2 Å². The van der Waals surface area contributed by atoms with Gasteiger partial charge in [0.2, 0.25) is 0 Å². The molecule has 0 N–H and O–H groups in total. The summed E-state index contributed by atoms with van der Waals surface area (Å²) in [6.45, 7) is 7.42. The van der Waals surface area contributed by atoms with Gasteiger partial charge >= 0.3 is 0 Å². The molecule has 1 nitrogen and oxygen atoms in total. The van der Waals surface area contributed by atoms with E-state index in [-0.39, 0.29) is 0 Å². The lowest BCUT2D eigenvalue weighted by Gasteiger charge is -2.14. The molecule has 0 spiro atoms. The van der Waals surface area contributed by atoms with Crippen LogP contribution >= 0.6 is 0 Å². The van der Waals surface area contributed by atoms with E-state index < -0.39 is 0 Å². The Hall–Kier alpha value is -0.720. The molecule has 0 bridgehead atoms. The summed E-state index contributed by atoms with van der Waals surface area (Å²) in [5, 5.41) is 0. The highest BCUT2D eigenvalue weighted by Gasteiger charge is 1.92. The molecule has 1 rings (SSSR count). The molecule has 1 heteroatoms. The van der Waals surface area contributed by atoms with Gasteiger partial charge < -0.3 is 4.90 Å². The smallest absolute Gasteiger partial charge is 0.0356 e. The number of rotatable bonds is 0. The summed E-state index contributed by atoms with van der Waals surface area (Å²) in [6.07, 6.45) is 7.67. The Balaban J connectivity index is 0.000000292. The molecule has 0 atom stereocenters. The van der Waals surface area contributed by atoms with E-state index in [1.807, 2.05) is 0 Å². The van der Waals surface area contributed by atoms with E-state index in [1.165, 1.54) is 12.0 Å². The highest BCUT2D eigenvalue weighted by Crippen LogP contribution is 2.02. The maximum atomic E-state index is 2.21. The standard InChI is InChI=1S/C7H11N.C3H8/c1-7-3-5-8(2)6-4-7;1-3-2/h3-5H,6H2,1-2H3;3H2,1-2H3. The molecule has 0 aromatic rings. The Kier molecular flexibility index (Phi) is 5.63.